The normalized spacial score (nSPS) is 10.2. The summed E-state index contributed by atoms with van der Waals surface area (Å²) in [7, 11) is 0. The lowest BCUT2D eigenvalue weighted by Crippen LogP contribution is -1.89. The third-order valence-corrected chi connectivity index (χ3v) is 2.82. The second-order valence-electron chi connectivity index (χ2n) is 3.92. The molecule has 0 bridgehead atoms. The lowest BCUT2D eigenvalue weighted by atomic mass is 10.1. The molecule has 2 heterocycles. The molecule has 3 nitrogen and oxygen atoms in total. The van der Waals surface area contributed by atoms with Crippen molar-refractivity contribution >= 4 is 10.9 Å². The molecule has 2 aromatic heterocycles. The zero-order valence-electron chi connectivity index (χ0n) is 9.54. The highest BCUT2D eigenvalue weighted by Gasteiger charge is 2.06. The van der Waals surface area contributed by atoms with Gasteiger partial charge < -0.3 is 0 Å². The van der Waals surface area contributed by atoms with Crippen molar-refractivity contribution in [2.45, 2.75) is 0 Å². The molecule has 1 aromatic carbocycles. The molecule has 3 rings (SSSR count). The molecule has 0 aliphatic carbocycles. The molecule has 0 fully saturated rings. The fraction of sp³-hybridized carbons (Fsp3) is 0. The maximum atomic E-state index is 9.09. The molecule has 0 unspecified atom stereocenters. The lowest BCUT2D eigenvalue weighted by molar-refractivity contribution is 1.29. The van der Waals surface area contributed by atoms with Gasteiger partial charge in [-0.1, -0.05) is 24.3 Å². The van der Waals surface area contributed by atoms with Crippen molar-refractivity contribution < 1.29 is 0 Å². The summed E-state index contributed by atoms with van der Waals surface area (Å²) >= 11 is 0. The first kappa shape index (κ1) is 10.4. The Morgan fingerprint density at radius 1 is 1.00 bits per heavy atom. The predicted molar refractivity (Wildman–Crippen MR) is 69.7 cm³/mol. The fourth-order valence-corrected chi connectivity index (χ4v) is 1.91. The Kier molecular flexibility index (Phi) is 2.47. The Balaban J connectivity index is 2.23. The summed E-state index contributed by atoms with van der Waals surface area (Å²) in [5.74, 6) is 0. The van der Waals surface area contributed by atoms with Gasteiger partial charge in [-0.3, -0.25) is 4.98 Å². The molecular weight excluding hydrogens is 222 g/mol. The molecule has 0 radical (unpaired) electrons. The van der Waals surface area contributed by atoms with Gasteiger partial charge in [-0.15, -0.1) is 0 Å². The van der Waals surface area contributed by atoms with Crippen molar-refractivity contribution in [1.29, 1.82) is 5.26 Å². The third-order valence-electron chi connectivity index (χ3n) is 2.82. The van der Waals surface area contributed by atoms with E-state index in [2.05, 4.69) is 16.0 Å². The number of rotatable bonds is 1. The van der Waals surface area contributed by atoms with Gasteiger partial charge >= 0.3 is 0 Å². The zero-order valence-corrected chi connectivity index (χ0v) is 9.54. The number of fused-ring (bicyclic) bond motifs is 1. The highest BCUT2D eigenvalue weighted by atomic mass is 14.7. The van der Waals surface area contributed by atoms with Crippen LogP contribution in [0.3, 0.4) is 0 Å². The van der Waals surface area contributed by atoms with E-state index in [1.807, 2.05) is 36.4 Å². The average molecular weight is 231 g/mol. The maximum Gasteiger partial charge on any atom is 0.0999 e. The van der Waals surface area contributed by atoms with Crippen LogP contribution < -0.4 is 0 Å². The Hall–Kier alpha value is -2.73. The largest absolute Gasteiger partial charge is 0.264 e. The molecular formula is C15H9N3. The summed E-state index contributed by atoms with van der Waals surface area (Å²) < 4.78 is 0. The first-order chi connectivity index (χ1) is 8.88. The van der Waals surface area contributed by atoms with E-state index in [0.717, 1.165) is 22.2 Å². The van der Waals surface area contributed by atoms with Gasteiger partial charge in [-0.05, 0) is 18.2 Å². The molecule has 0 amide bonds. The van der Waals surface area contributed by atoms with Crippen LogP contribution in [0, 0.1) is 11.3 Å². The number of nitriles is 1. The van der Waals surface area contributed by atoms with E-state index in [-0.39, 0.29) is 0 Å². The van der Waals surface area contributed by atoms with Gasteiger partial charge in [-0.25, -0.2) is 4.98 Å². The molecule has 18 heavy (non-hydrogen) atoms. The fourth-order valence-electron chi connectivity index (χ4n) is 1.91. The predicted octanol–water partition coefficient (Wildman–Crippen LogP) is 3.17. The minimum Gasteiger partial charge on any atom is -0.264 e. The smallest absolute Gasteiger partial charge is 0.0999 e. The van der Waals surface area contributed by atoms with Crippen molar-refractivity contribution in [3.8, 4) is 17.3 Å². The number of nitrogens with zero attached hydrogens (tertiary/aromatic N) is 3. The summed E-state index contributed by atoms with van der Waals surface area (Å²) in [5.41, 5.74) is 3.06. The topological polar surface area (TPSA) is 49.6 Å². The number of para-hydroxylation sites is 1. The van der Waals surface area contributed by atoms with E-state index in [1.165, 1.54) is 0 Å². The van der Waals surface area contributed by atoms with Crippen LogP contribution in [0.15, 0.2) is 54.9 Å². The Labute approximate surface area is 104 Å². The number of hydrogen-bond donors (Lipinski definition) is 0. The summed E-state index contributed by atoms with van der Waals surface area (Å²) in [5, 5.41) is 10.2. The van der Waals surface area contributed by atoms with Gasteiger partial charge in [0.25, 0.3) is 0 Å². The maximum absolute atomic E-state index is 9.09. The lowest BCUT2D eigenvalue weighted by Gasteiger charge is -2.04. The molecule has 84 valence electrons. The van der Waals surface area contributed by atoms with Gasteiger partial charge in [0, 0.05) is 23.3 Å². The average Bonchev–Trinajstić information content (AvgIpc) is 2.46. The molecule has 0 aliphatic rings. The van der Waals surface area contributed by atoms with Crippen LogP contribution in [-0.2, 0) is 0 Å². The second-order valence-corrected chi connectivity index (χ2v) is 3.92. The quantitative estimate of drug-likeness (QED) is 0.646. The summed E-state index contributed by atoms with van der Waals surface area (Å²) in [6, 6.07) is 15.7. The van der Waals surface area contributed by atoms with Crippen LogP contribution in [0.1, 0.15) is 5.56 Å². The van der Waals surface area contributed by atoms with Gasteiger partial charge in [0.2, 0.25) is 0 Å². The van der Waals surface area contributed by atoms with Gasteiger partial charge in [0.15, 0.2) is 0 Å². The summed E-state index contributed by atoms with van der Waals surface area (Å²) in [6.45, 7) is 0. The highest BCUT2D eigenvalue weighted by molar-refractivity contribution is 5.82. The van der Waals surface area contributed by atoms with E-state index < -0.39 is 0 Å². The molecule has 3 heteroatoms. The van der Waals surface area contributed by atoms with Crippen LogP contribution in [0.5, 0.6) is 0 Å². The van der Waals surface area contributed by atoms with Crippen LogP contribution in [0.25, 0.3) is 22.2 Å². The molecule has 0 spiro atoms. The van der Waals surface area contributed by atoms with Crippen LogP contribution in [-0.4, -0.2) is 9.97 Å². The first-order valence-corrected chi connectivity index (χ1v) is 5.59. The second kappa shape index (κ2) is 4.27. The number of pyridine rings is 2. The van der Waals surface area contributed by atoms with Crippen molar-refractivity contribution in [3.05, 3.63) is 60.4 Å². The first-order valence-electron chi connectivity index (χ1n) is 5.59. The third kappa shape index (κ3) is 1.70. The van der Waals surface area contributed by atoms with Crippen molar-refractivity contribution in [3.63, 3.8) is 0 Å². The number of benzene rings is 1. The Morgan fingerprint density at radius 3 is 2.78 bits per heavy atom. The van der Waals surface area contributed by atoms with Crippen molar-refractivity contribution in [1.82, 2.24) is 9.97 Å². The minimum absolute atomic E-state index is 0.591. The van der Waals surface area contributed by atoms with E-state index in [9.17, 15) is 0 Å². The molecule has 0 saturated carbocycles. The van der Waals surface area contributed by atoms with Crippen LogP contribution in [0.4, 0.5) is 0 Å². The molecule has 0 atom stereocenters. The Morgan fingerprint density at radius 2 is 1.89 bits per heavy atom. The van der Waals surface area contributed by atoms with Gasteiger partial charge in [-0.2, -0.15) is 5.26 Å². The van der Waals surface area contributed by atoms with E-state index >= 15 is 0 Å². The zero-order chi connectivity index (χ0) is 12.4. The molecule has 0 aliphatic heterocycles. The van der Waals surface area contributed by atoms with E-state index in [0.29, 0.717) is 5.56 Å². The minimum atomic E-state index is 0.591. The van der Waals surface area contributed by atoms with E-state index in [4.69, 9.17) is 5.26 Å². The van der Waals surface area contributed by atoms with Crippen molar-refractivity contribution in [2.24, 2.45) is 0 Å². The standard InChI is InChI=1S/C15H9N3/c16-9-12-7-8-17-10-13(12)15-6-5-11-3-1-2-4-14(11)18-15/h1-8,10H. The summed E-state index contributed by atoms with van der Waals surface area (Å²) in [4.78, 5) is 8.62. The van der Waals surface area contributed by atoms with Crippen LogP contribution >= 0.6 is 0 Å². The van der Waals surface area contributed by atoms with Gasteiger partial charge in [0.1, 0.15) is 0 Å². The van der Waals surface area contributed by atoms with E-state index in [1.54, 1.807) is 18.5 Å². The number of aromatic nitrogens is 2. The number of hydrogen-bond acceptors (Lipinski definition) is 3. The van der Waals surface area contributed by atoms with Gasteiger partial charge in [0.05, 0.1) is 22.8 Å². The van der Waals surface area contributed by atoms with Crippen LogP contribution in [0.2, 0.25) is 0 Å². The Bertz CT molecular complexity index is 757. The van der Waals surface area contributed by atoms with Crippen molar-refractivity contribution in [2.75, 3.05) is 0 Å². The highest BCUT2D eigenvalue weighted by Crippen LogP contribution is 2.22. The summed E-state index contributed by atoms with van der Waals surface area (Å²) in [6.07, 6.45) is 3.29. The monoisotopic (exact) mass is 231 g/mol. The molecule has 3 aromatic rings. The molecule has 0 N–H and O–H groups in total. The molecule has 0 saturated heterocycles. The SMILES string of the molecule is N#Cc1ccncc1-c1ccc2ccccc2n1.